The predicted molar refractivity (Wildman–Crippen MR) is 101 cm³/mol. The van der Waals surface area contributed by atoms with Gasteiger partial charge in [0.05, 0.1) is 23.2 Å². The lowest BCUT2D eigenvalue weighted by molar-refractivity contribution is 0.0696. The molecule has 2 aromatic rings. The van der Waals surface area contributed by atoms with Crippen molar-refractivity contribution < 1.29 is 27.8 Å². The molecule has 0 amide bonds. The van der Waals surface area contributed by atoms with Crippen LogP contribution < -0.4 is 4.72 Å². The van der Waals surface area contributed by atoms with Crippen molar-refractivity contribution >= 4 is 16.0 Å². The van der Waals surface area contributed by atoms with Crippen molar-refractivity contribution in [2.75, 3.05) is 27.4 Å². The molecule has 0 aromatic heterocycles. The molecule has 0 heterocycles. The molecule has 2 N–H and O–H groups in total. The summed E-state index contributed by atoms with van der Waals surface area (Å²) in [5.41, 5.74) is 2.07. The van der Waals surface area contributed by atoms with Crippen molar-refractivity contribution in [2.24, 2.45) is 0 Å². The Labute approximate surface area is 159 Å². The van der Waals surface area contributed by atoms with Gasteiger partial charge in [-0.15, -0.1) is 0 Å². The van der Waals surface area contributed by atoms with E-state index < -0.39 is 16.0 Å². The van der Waals surface area contributed by atoms with Crippen molar-refractivity contribution in [3.05, 3.63) is 53.6 Å². The summed E-state index contributed by atoms with van der Waals surface area (Å²) < 4.78 is 37.4. The minimum Gasteiger partial charge on any atom is -0.478 e. The quantitative estimate of drug-likeness (QED) is 0.635. The number of aromatic carboxylic acids is 1. The summed E-state index contributed by atoms with van der Waals surface area (Å²) in [6.45, 7) is 2.22. The Bertz CT molecular complexity index is 893. The lowest BCUT2D eigenvalue weighted by Crippen LogP contribution is -2.27. The third-order valence-electron chi connectivity index (χ3n) is 4.13. The summed E-state index contributed by atoms with van der Waals surface area (Å²) in [5, 5.41) is 9.36. The predicted octanol–water partition coefficient (Wildman–Crippen LogP) is 2.68. The van der Waals surface area contributed by atoms with Crippen LogP contribution in [0.15, 0.2) is 47.4 Å². The number of nitrogens with one attached hydrogen (secondary N) is 1. The van der Waals surface area contributed by atoms with Crippen LogP contribution in [-0.2, 0) is 19.5 Å². The summed E-state index contributed by atoms with van der Waals surface area (Å²) in [6, 6.07) is 11.4. The smallest absolute Gasteiger partial charge is 0.335 e. The molecule has 0 bridgehead atoms. The van der Waals surface area contributed by atoms with E-state index in [0.29, 0.717) is 11.1 Å². The number of rotatable bonds is 9. The van der Waals surface area contributed by atoms with Crippen LogP contribution in [0, 0.1) is 0 Å². The number of hydrogen-bond donors (Lipinski definition) is 2. The highest BCUT2D eigenvalue weighted by Crippen LogP contribution is 2.27. The fourth-order valence-electron chi connectivity index (χ4n) is 2.49. The van der Waals surface area contributed by atoms with E-state index in [0.717, 1.165) is 11.6 Å². The van der Waals surface area contributed by atoms with Gasteiger partial charge in [-0.1, -0.05) is 24.3 Å². The van der Waals surface area contributed by atoms with E-state index in [-0.39, 0.29) is 29.7 Å². The van der Waals surface area contributed by atoms with E-state index in [4.69, 9.17) is 9.47 Å². The highest BCUT2D eigenvalue weighted by Gasteiger charge is 2.18. The molecule has 0 saturated heterocycles. The van der Waals surface area contributed by atoms with Crippen LogP contribution in [0.3, 0.4) is 0 Å². The van der Waals surface area contributed by atoms with Gasteiger partial charge in [0.15, 0.2) is 0 Å². The fourth-order valence-corrected chi connectivity index (χ4v) is 3.57. The van der Waals surface area contributed by atoms with Crippen LogP contribution >= 0.6 is 0 Å². The number of methoxy groups -OCH3 is 2. The molecule has 0 aliphatic carbocycles. The van der Waals surface area contributed by atoms with Crippen LogP contribution in [0.4, 0.5) is 0 Å². The van der Waals surface area contributed by atoms with Crippen molar-refractivity contribution in [3.63, 3.8) is 0 Å². The summed E-state index contributed by atoms with van der Waals surface area (Å²) in [7, 11) is -0.780. The first-order valence-electron chi connectivity index (χ1n) is 8.28. The summed E-state index contributed by atoms with van der Waals surface area (Å²) >= 11 is 0. The van der Waals surface area contributed by atoms with E-state index in [1.165, 1.54) is 19.2 Å². The Morgan fingerprint density at radius 1 is 1.11 bits per heavy atom. The van der Waals surface area contributed by atoms with Gasteiger partial charge in [0.1, 0.15) is 0 Å². The molecule has 1 unspecified atom stereocenters. The van der Waals surface area contributed by atoms with Gasteiger partial charge in [0.2, 0.25) is 10.0 Å². The molecular weight excluding hydrogens is 370 g/mol. The molecule has 2 rings (SSSR count). The molecule has 0 radical (unpaired) electrons. The van der Waals surface area contributed by atoms with E-state index in [2.05, 4.69) is 4.72 Å². The van der Waals surface area contributed by atoms with Gasteiger partial charge in [-0.2, -0.15) is 0 Å². The standard InChI is InChI=1S/C19H23NO6S/c1-13(26-3)14-4-6-15(7-5-14)16-10-17(19(21)22)12-18(11-16)27(23,24)20-8-9-25-2/h4-7,10-13,20H,8-9H2,1-3H3,(H,21,22). The second-order valence-electron chi connectivity index (χ2n) is 5.94. The summed E-state index contributed by atoms with van der Waals surface area (Å²) in [5.74, 6) is -1.20. The summed E-state index contributed by atoms with van der Waals surface area (Å²) in [4.78, 5) is 11.3. The number of carboxylic acid groups (broad SMARTS) is 1. The second-order valence-corrected chi connectivity index (χ2v) is 7.71. The largest absolute Gasteiger partial charge is 0.478 e. The SMILES string of the molecule is COCCNS(=O)(=O)c1cc(C(=O)O)cc(-c2ccc(C(C)OC)cc2)c1. The first kappa shape index (κ1) is 21.0. The Hall–Kier alpha value is -2.26. The lowest BCUT2D eigenvalue weighted by atomic mass is 10.0. The third-order valence-corrected chi connectivity index (χ3v) is 5.57. The topological polar surface area (TPSA) is 102 Å². The molecule has 27 heavy (non-hydrogen) atoms. The van der Waals surface area contributed by atoms with Crippen molar-refractivity contribution in [3.8, 4) is 11.1 Å². The molecule has 0 spiro atoms. The van der Waals surface area contributed by atoms with Gasteiger partial charge in [-0.25, -0.2) is 17.9 Å². The first-order valence-corrected chi connectivity index (χ1v) is 9.77. The number of hydrogen-bond acceptors (Lipinski definition) is 5. The normalized spacial score (nSPS) is 12.7. The molecule has 0 aliphatic heterocycles. The van der Waals surface area contributed by atoms with Crippen LogP contribution in [0.1, 0.15) is 28.9 Å². The van der Waals surface area contributed by atoms with Gasteiger partial charge in [-0.05, 0) is 41.8 Å². The average Bonchev–Trinajstić information content (AvgIpc) is 2.67. The third kappa shape index (κ3) is 5.36. The zero-order valence-electron chi connectivity index (χ0n) is 15.4. The minimum absolute atomic E-state index is 0.0784. The summed E-state index contributed by atoms with van der Waals surface area (Å²) in [6.07, 6.45) is -0.0784. The van der Waals surface area contributed by atoms with Gasteiger partial charge >= 0.3 is 5.97 Å². The number of sulfonamides is 1. The zero-order chi connectivity index (χ0) is 20.0. The number of benzene rings is 2. The molecular formula is C19H23NO6S. The zero-order valence-corrected chi connectivity index (χ0v) is 16.2. The molecule has 0 aliphatic rings. The number of carboxylic acids is 1. The number of ether oxygens (including phenoxy) is 2. The number of carbonyl (C=O) groups is 1. The van der Waals surface area contributed by atoms with E-state index in [9.17, 15) is 18.3 Å². The molecule has 8 heteroatoms. The van der Waals surface area contributed by atoms with Gasteiger partial charge in [0, 0.05) is 20.8 Å². The molecule has 2 aromatic carbocycles. The molecule has 146 valence electrons. The van der Waals surface area contributed by atoms with Gasteiger partial charge < -0.3 is 14.6 Å². The van der Waals surface area contributed by atoms with Crippen LogP contribution in [0.2, 0.25) is 0 Å². The van der Waals surface area contributed by atoms with E-state index >= 15 is 0 Å². The van der Waals surface area contributed by atoms with Crippen molar-refractivity contribution in [1.82, 2.24) is 4.72 Å². The Morgan fingerprint density at radius 3 is 2.33 bits per heavy atom. The van der Waals surface area contributed by atoms with Gasteiger partial charge in [-0.3, -0.25) is 0 Å². The Balaban J connectivity index is 2.45. The Kier molecular flexibility index (Phi) is 7.09. The molecule has 0 saturated carbocycles. The second kappa shape index (κ2) is 9.09. The van der Waals surface area contributed by atoms with Crippen LogP contribution in [0.5, 0.6) is 0 Å². The van der Waals surface area contributed by atoms with Crippen LogP contribution in [-0.4, -0.2) is 46.9 Å². The molecule has 1 atom stereocenters. The molecule has 7 nitrogen and oxygen atoms in total. The van der Waals surface area contributed by atoms with Crippen molar-refractivity contribution in [2.45, 2.75) is 17.9 Å². The Morgan fingerprint density at radius 2 is 1.78 bits per heavy atom. The monoisotopic (exact) mass is 393 g/mol. The fraction of sp³-hybridized carbons (Fsp3) is 0.316. The maximum atomic E-state index is 12.5. The van der Waals surface area contributed by atoms with E-state index in [1.54, 1.807) is 19.2 Å². The van der Waals surface area contributed by atoms with Gasteiger partial charge in [0.25, 0.3) is 0 Å². The maximum absolute atomic E-state index is 12.5. The lowest BCUT2D eigenvalue weighted by Gasteiger charge is -2.12. The minimum atomic E-state index is -3.86. The molecule has 0 fully saturated rings. The van der Waals surface area contributed by atoms with Crippen LogP contribution in [0.25, 0.3) is 11.1 Å². The maximum Gasteiger partial charge on any atom is 0.335 e. The van der Waals surface area contributed by atoms with E-state index in [1.807, 2.05) is 19.1 Å². The first-order chi connectivity index (χ1) is 12.8. The van der Waals surface area contributed by atoms with Crippen molar-refractivity contribution in [1.29, 1.82) is 0 Å². The highest BCUT2D eigenvalue weighted by atomic mass is 32.2. The average molecular weight is 393 g/mol. The highest BCUT2D eigenvalue weighted by molar-refractivity contribution is 7.89.